The highest BCUT2D eigenvalue weighted by Gasteiger charge is 2.36. The molecule has 0 unspecified atom stereocenters. The molecule has 0 spiro atoms. The Morgan fingerprint density at radius 1 is 1.03 bits per heavy atom. The Bertz CT molecular complexity index is 1370. The summed E-state index contributed by atoms with van der Waals surface area (Å²) < 4.78 is 21.1. The first-order chi connectivity index (χ1) is 17.9. The summed E-state index contributed by atoms with van der Waals surface area (Å²) in [5, 5.41) is 2.23. The van der Waals surface area contributed by atoms with Gasteiger partial charge in [-0.25, -0.2) is 4.79 Å². The number of rotatable bonds is 9. The Labute approximate surface area is 216 Å². The molecule has 1 aliphatic rings. The lowest BCUT2D eigenvalue weighted by molar-refractivity contribution is -0.123. The Hall–Kier alpha value is -4.51. The van der Waals surface area contributed by atoms with Crippen LogP contribution in [0.3, 0.4) is 0 Å². The number of anilines is 1. The zero-order chi connectivity index (χ0) is 26.4. The number of carbonyl (C=O) groups excluding carboxylic acids is 4. The predicted octanol–water partition coefficient (Wildman–Crippen LogP) is 4.33. The average Bonchev–Trinajstić information content (AvgIpc) is 3.48. The minimum Gasteiger partial charge on any atom is -0.493 e. The first-order valence-electron chi connectivity index (χ1n) is 11.0. The van der Waals surface area contributed by atoms with E-state index in [1.54, 1.807) is 42.5 Å². The molecule has 1 N–H and O–H groups in total. The van der Waals surface area contributed by atoms with Crippen molar-refractivity contribution in [1.29, 1.82) is 0 Å². The number of methoxy groups -OCH3 is 2. The van der Waals surface area contributed by atoms with Crippen molar-refractivity contribution in [1.82, 2.24) is 4.90 Å². The largest absolute Gasteiger partial charge is 0.493 e. The number of nitrogens with one attached hydrogen (secondary N) is 1. The molecule has 37 heavy (non-hydrogen) atoms. The number of hydrogen-bond acceptors (Lipinski definition) is 9. The second-order valence-corrected chi connectivity index (χ2v) is 8.60. The summed E-state index contributed by atoms with van der Waals surface area (Å²) in [7, 11) is 2.67. The summed E-state index contributed by atoms with van der Waals surface area (Å²) in [6.45, 7) is -0.460. The average molecular weight is 523 g/mol. The molecule has 1 fully saturated rings. The van der Waals surface area contributed by atoms with Crippen LogP contribution in [0.15, 0.2) is 70.0 Å². The molecule has 2 heterocycles. The van der Waals surface area contributed by atoms with Crippen LogP contribution in [0.1, 0.15) is 21.9 Å². The van der Waals surface area contributed by atoms with E-state index in [2.05, 4.69) is 10.1 Å². The second-order valence-electron chi connectivity index (χ2n) is 7.61. The molecule has 3 aromatic rings. The number of carbonyl (C=O) groups is 4. The van der Waals surface area contributed by atoms with Crippen LogP contribution in [-0.2, 0) is 20.9 Å². The van der Waals surface area contributed by atoms with Gasteiger partial charge in [-0.05, 0) is 48.2 Å². The van der Waals surface area contributed by atoms with Gasteiger partial charge in [0.15, 0.2) is 18.1 Å². The smallest absolute Gasteiger partial charge is 0.373 e. The van der Waals surface area contributed by atoms with Gasteiger partial charge in [0.1, 0.15) is 5.76 Å². The van der Waals surface area contributed by atoms with Crippen LogP contribution in [0, 0.1) is 0 Å². The molecular formula is C26H22N2O8S. The van der Waals surface area contributed by atoms with Crippen molar-refractivity contribution in [3.63, 3.8) is 0 Å². The maximum absolute atomic E-state index is 13.0. The van der Waals surface area contributed by atoms with Crippen LogP contribution >= 0.6 is 11.8 Å². The maximum atomic E-state index is 13.0. The number of amides is 3. The molecule has 2 aromatic carbocycles. The molecule has 4 rings (SSSR count). The van der Waals surface area contributed by atoms with Crippen molar-refractivity contribution in [3.8, 4) is 11.5 Å². The third kappa shape index (κ3) is 6.01. The van der Waals surface area contributed by atoms with Crippen LogP contribution < -0.4 is 14.8 Å². The van der Waals surface area contributed by atoms with Crippen molar-refractivity contribution in [3.05, 3.63) is 82.7 Å². The second kappa shape index (κ2) is 11.5. The Balaban J connectivity index is 1.50. The molecule has 11 heteroatoms. The van der Waals surface area contributed by atoms with Crippen LogP contribution in [0.5, 0.6) is 11.5 Å². The van der Waals surface area contributed by atoms with Gasteiger partial charge in [-0.3, -0.25) is 19.3 Å². The predicted molar refractivity (Wildman–Crippen MR) is 135 cm³/mol. The third-order valence-corrected chi connectivity index (χ3v) is 6.06. The molecular weight excluding hydrogens is 500 g/mol. The SMILES string of the molecule is COC(=O)c1ccc(CN2C(=O)S/C(=C/c3cccc(OC)c3OCC(=O)Nc3ccccc3)C2=O)o1. The molecule has 3 amide bonds. The lowest BCUT2D eigenvalue weighted by Crippen LogP contribution is -2.27. The fraction of sp³-hybridized carbons (Fsp3) is 0.154. The quantitative estimate of drug-likeness (QED) is 0.323. The van der Waals surface area contributed by atoms with Gasteiger partial charge in [0.2, 0.25) is 5.76 Å². The first-order valence-corrected chi connectivity index (χ1v) is 11.8. The van der Waals surface area contributed by atoms with E-state index in [1.807, 2.05) is 6.07 Å². The Morgan fingerprint density at radius 3 is 2.54 bits per heavy atom. The van der Waals surface area contributed by atoms with E-state index >= 15 is 0 Å². The summed E-state index contributed by atoms with van der Waals surface area (Å²) in [5.41, 5.74) is 1.07. The topological polar surface area (TPSA) is 124 Å². The highest BCUT2D eigenvalue weighted by molar-refractivity contribution is 8.18. The number of benzene rings is 2. The van der Waals surface area contributed by atoms with Gasteiger partial charge in [-0.1, -0.05) is 30.3 Å². The van der Waals surface area contributed by atoms with Gasteiger partial charge in [-0.2, -0.15) is 0 Å². The molecule has 0 saturated carbocycles. The minimum atomic E-state index is -0.664. The monoisotopic (exact) mass is 522 g/mol. The van der Waals surface area contributed by atoms with Crippen LogP contribution in [0.4, 0.5) is 10.5 Å². The Kier molecular flexibility index (Phi) is 7.94. The van der Waals surface area contributed by atoms with Crippen molar-refractivity contribution in [2.75, 3.05) is 26.1 Å². The zero-order valence-electron chi connectivity index (χ0n) is 19.9. The highest BCUT2D eigenvalue weighted by atomic mass is 32.2. The van der Waals surface area contributed by atoms with E-state index in [1.165, 1.54) is 32.4 Å². The molecule has 0 radical (unpaired) electrons. The van der Waals surface area contributed by atoms with Gasteiger partial charge in [0.25, 0.3) is 17.1 Å². The van der Waals surface area contributed by atoms with E-state index in [0.717, 1.165) is 16.7 Å². The van der Waals surface area contributed by atoms with Crippen LogP contribution in [0.2, 0.25) is 0 Å². The number of thioether (sulfide) groups is 1. The Morgan fingerprint density at radius 2 is 1.81 bits per heavy atom. The number of nitrogens with zero attached hydrogens (tertiary/aromatic N) is 1. The highest BCUT2D eigenvalue weighted by Crippen LogP contribution is 2.38. The normalized spacial score (nSPS) is 14.1. The molecule has 10 nitrogen and oxygen atoms in total. The van der Waals surface area contributed by atoms with E-state index in [4.69, 9.17) is 13.9 Å². The summed E-state index contributed by atoms with van der Waals surface area (Å²) >= 11 is 0.751. The van der Waals surface area contributed by atoms with E-state index in [9.17, 15) is 19.2 Å². The van der Waals surface area contributed by atoms with E-state index < -0.39 is 17.1 Å². The summed E-state index contributed by atoms with van der Waals surface area (Å²) in [6, 6.07) is 16.9. The zero-order valence-corrected chi connectivity index (χ0v) is 20.7. The number of ether oxygens (including phenoxy) is 3. The molecule has 0 aliphatic carbocycles. The third-order valence-electron chi connectivity index (χ3n) is 5.16. The fourth-order valence-electron chi connectivity index (χ4n) is 3.42. The molecule has 1 aliphatic heterocycles. The molecule has 190 valence electrons. The molecule has 0 bridgehead atoms. The maximum Gasteiger partial charge on any atom is 0.373 e. The summed E-state index contributed by atoms with van der Waals surface area (Å²) in [5.74, 6) is -0.772. The molecule has 1 aromatic heterocycles. The number of imide groups is 1. The fourth-order valence-corrected chi connectivity index (χ4v) is 4.25. The number of furan rings is 1. The lowest BCUT2D eigenvalue weighted by atomic mass is 10.1. The number of esters is 1. The molecule has 0 atom stereocenters. The first kappa shape index (κ1) is 25.6. The van der Waals surface area contributed by atoms with E-state index in [-0.39, 0.29) is 41.2 Å². The van der Waals surface area contributed by atoms with E-state index in [0.29, 0.717) is 17.0 Å². The van der Waals surface area contributed by atoms with Gasteiger partial charge in [-0.15, -0.1) is 0 Å². The number of para-hydroxylation sites is 2. The van der Waals surface area contributed by atoms with Gasteiger partial charge in [0.05, 0.1) is 25.7 Å². The minimum absolute atomic E-state index is 0.0329. The van der Waals surface area contributed by atoms with Crippen molar-refractivity contribution >= 4 is 46.5 Å². The van der Waals surface area contributed by atoms with Gasteiger partial charge in [0, 0.05) is 11.3 Å². The van der Waals surface area contributed by atoms with Crippen LogP contribution in [-0.4, -0.2) is 48.7 Å². The van der Waals surface area contributed by atoms with Gasteiger partial charge < -0.3 is 23.9 Å². The molecule has 1 saturated heterocycles. The van der Waals surface area contributed by atoms with Crippen molar-refractivity contribution in [2.45, 2.75) is 6.54 Å². The number of hydrogen-bond donors (Lipinski definition) is 1. The van der Waals surface area contributed by atoms with Gasteiger partial charge >= 0.3 is 5.97 Å². The summed E-state index contributed by atoms with van der Waals surface area (Å²) in [4.78, 5) is 50.7. The van der Waals surface area contributed by atoms with Crippen molar-refractivity contribution in [2.24, 2.45) is 0 Å². The van der Waals surface area contributed by atoms with Crippen molar-refractivity contribution < 1.29 is 37.8 Å². The van der Waals surface area contributed by atoms with Crippen LogP contribution in [0.25, 0.3) is 6.08 Å². The summed E-state index contributed by atoms with van der Waals surface area (Å²) in [6.07, 6.45) is 1.50. The lowest BCUT2D eigenvalue weighted by Gasteiger charge is -2.14. The standard InChI is InChI=1S/C26H22N2O8S/c1-33-19-10-6-7-16(23(19)35-15-22(29)27-17-8-4-3-5-9-17)13-21-24(30)28(26(32)37-21)14-18-11-12-20(36-18)25(31)34-2/h3-13H,14-15H2,1-2H3,(H,27,29)/b21-13+.